The van der Waals surface area contributed by atoms with Gasteiger partial charge in [-0.15, -0.1) is 0 Å². The molecule has 0 atom stereocenters. The molecule has 2 heterocycles. The maximum Gasteiger partial charge on any atom is 0.262 e. The predicted octanol–water partition coefficient (Wildman–Crippen LogP) is 1.75. The van der Waals surface area contributed by atoms with Crippen LogP contribution in [0.2, 0.25) is 0 Å². The zero-order chi connectivity index (χ0) is 17.9. The number of rotatable bonds is 5. The van der Waals surface area contributed by atoms with Gasteiger partial charge >= 0.3 is 0 Å². The third-order valence-corrected chi connectivity index (χ3v) is 7.14. The van der Waals surface area contributed by atoms with E-state index in [-0.39, 0.29) is 16.9 Å². The maximum absolute atomic E-state index is 12.7. The van der Waals surface area contributed by atoms with Crippen LogP contribution in [0.3, 0.4) is 0 Å². The second-order valence-corrected chi connectivity index (χ2v) is 8.95. The number of hydrogen-bond acceptors (Lipinski definition) is 4. The SMILES string of the molecule is CCn1cnc(S(=O)(=O)N2CCC(C(=O)NC3CCCCC3)CC2)c1. The van der Waals surface area contributed by atoms with Crippen LogP contribution >= 0.6 is 0 Å². The molecule has 1 saturated carbocycles. The molecule has 7 nitrogen and oxygen atoms in total. The molecule has 2 aliphatic rings. The Morgan fingerprint density at radius 1 is 1.20 bits per heavy atom. The Balaban J connectivity index is 1.54. The molecule has 0 aromatic carbocycles. The number of hydrogen-bond donors (Lipinski definition) is 1. The maximum atomic E-state index is 12.7. The third kappa shape index (κ3) is 4.23. The fourth-order valence-electron chi connectivity index (χ4n) is 3.70. The summed E-state index contributed by atoms with van der Waals surface area (Å²) < 4.78 is 28.5. The number of nitrogens with one attached hydrogen (secondary N) is 1. The van der Waals surface area contributed by atoms with Crippen molar-refractivity contribution in [3.8, 4) is 0 Å². The van der Waals surface area contributed by atoms with E-state index in [4.69, 9.17) is 0 Å². The van der Waals surface area contributed by atoms with Crippen molar-refractivity contribution in [2.24, 2.45) is 5.92 Å². The monoisotopic (exact) mass is 368 g/mol. The first-order chi connectivity index (χ1) is 12.0. The molecule has 1 aliphatic carbocycles. The molecule has 3 rings (SSSR count). The summed E-state index contributed by atoms with van der Waals surface area (Å²) in [4.78, 5) is 16.5. The molecule has 1 saturated heterocycles. The quantitative estimate of drug-likeness (QED) is 0.858. The van der Waals surface area contributed by atoms with Gasteiger partial charge in [-0.25, -0.2) is 13.4 Å². The number of piperidine rings is 1. The van der Waals surface area contributed by atoms with E-state index in [2.05, 4.69) is 10.3 Å². The number of sulfonamides is 1. The van der Waals surface area contributed by atoms with Crippen LogP contribution in [0.5, 0.6) is 0 Å². The Morgan fingerprint density at radius 3 is 2.48 bits per heavy atom. The van der Waals surface area contributed by atoms with Crippen molar-refractivity contribution in [2.75, 3.05) is 13.1 Å². The van der Waals surface area contributed by atoms with Crippen LogP contribution in [0.15, 0.2) is 17.6 Å². The minimum Gasteiger partial charge on any atom is -0.353 e. The van der Waals surface area contributed by atoms with E-state index in [0.29, 0.717) is 38.5 Å². The Morgan fingerprint density at radius 2 is 1.88 bits per heavy atom. The van der Waals surface area contributed by atoms with Gasteiger partial charge in [0.2, 0.25) is 5.91 Å². The van der Waals surface area contributed by atoms with Gasteiger partial charge in [0.05, 0.1) is 6.33 Å². The van der Waals surface area contributed by atoms with Crippen molar-refractivity contribution in [3.63, 3.8) is 0 Å². The summed E-state index contributed by atoms with van der Waals surface area (Å²) in [6, 6.07) is 0.307. The molecule has 1 N–H and O–H groups in total. The molecule has 2 fully saturated rings. The van der Waals surface area contributed by atoms with Gasteiger partial charge in [0.1, 0.15) is 0 Å². The lowest BCUT2D eigenvalue weighted by atomic mass is 9.93. The minimum atomic E-state index is -3.56. The minimum absolute atomic E-state index is 0.0819. The van der Waals surface area contributed by atoms with Crippen molar-refractivity contribution in [3.05, 3.63) is 12.5 Å². The summed E-state index contributed by atoms with van der Waals surface area (Å²) in [5, 5.41) is 3.26. The van der Waals surface area contributed by atoms with Crippen LogP contribution in [0.1, 0.15) is 51.9 Å². The normalized spacial score (nSPS) is 21.3. The lowest BCUT2D eigenvalue weighted by molar-refractivity contribution is -0.127. The van der Waals surface area contributed by atoms with Crippen LogP contribution in [0.25, 0.3) is 0 Å². The van der Waals surface area contributed by atoms with E-state index in [1.807, 2.05) is 6.92 Å². The Bertz CT molecular complexity index is 687. The predicted molar refractivity (Wildman–Crippen MR) is 94.4 cm³/mol. The molecule has 0 bridgehead atoms. The smallest absolute Gasteiger partial charge is 0.262 e. The molecule has 0 radical (unpaired) electrons. The molecule has 1 aliphatic heterocycles. The first-order valence-electron chi connectivity index (χ1n) is 9.33. The molecule has 1 amide bonds. The van der Waals surface area contributed by atoms with Crippen molar-refractivity contribution in [2.45, 2.75) is 69.5 Å². The van der Waals surface area contributed by atoms with Gasteiger partial charge in [-0.2, -0.15) is 4.31 Å². The third-order valence-electron chi connectivity index (χ3n) is 5.36. The first-order valence-corrected chi connectivity index (χ1v) is 10.8. The Hall–Kier alpha value is -1.41. The molecule has 0 unspecified atom stereocenters. The van der Waals surface area contributed by atoms with Gasteiger partial charge in [-0.1, -0.05) is 19.3 Å². The number of aryl methyl sites for hydroxylation is 1. The highest BCUT2D eigenvalue weighted by atomic mass is 32.2. The van der Waals surface area contributed by atoms with Crippen LogP contribution in [-0.2, 0) is 21.4 Å². The number of imidazole rings is 1. The number of amides is 1. The molecule has 1 aromatic rings. The highest BCUT2D eigenvalue weighted by Crippen LogP contribution is 2.24. The second kappa shape index (κ2) is 7.86. The summed E-state index contributed by atoms with van der Waals surface area (Å²) in [6.45, 7) is 3.38. The number of carbonyl (C=O) groups excluding carboxylic acids is 1. The van der Waals surface area contributed by atoms with E-state index in [9.17, 15) is 13.2 Å². The Kier molecular flexibility index (Phi) is 5.78. The van der Waals surface area contributed by atoms with Gasteiger partial charge in [-0.3, -0.25) is 4.79 Å². The number of nitrogens with zero attached hydrogens (tertiary/aromatic N) is 3. The van der Waals surface area contributed by atoms with Crippen LogP contribution in [0.4, 0.5) is 0 Å². The highest BCUT2D eigenvalue weighted by molar-refractivity contribution is 7.89. The largest absolute Gasteiger partial charge is 0.353 e. The van der Waals surface area contributed by atoms with E-state index in [0.717, 1.165) is 12.8 Å². The lowest BCUT2D eigenvalue weighted by Gasteiger charge is -2.31. The molecule has 1 aromatic heterocycles. The summed E-state index contributed by atoms with van der Waals surface area (Å²) in [7, 11) is -3.56. The molecule has 0 spiro atoms. The van der Waals surface area contributed by atoms with Crippen molar-refractivity contribution >= 4 is 15.9 Å². The summed E-state index contributed by atoms with van der Waals surface area (Å²) in [5.74, 6) is 0.0146. The van der Waals surface area contributed by atoms with Crippen molar-refractivity contribution in [1.29, 1.82) is 0 Å². The lowest BCUT2D eigenvalue weighted by Crippen LogP contribution is -2.45. The molecular weight excluding hydrogens is 340 g/mol. The highest BCUT2D eigenvalue weighted by Gasteiger charge is 2.33. The van der Waals surface area contributed by atoms with Crippen LogP contribution in [-0.4, -0.2) is 47.3 Å². The van der Waals surface area contributed by atoms with Gasteiger partial charge in [0.15, 0.2) is 5.03 Å². The summed E-state index contributed by atoms with van der Waals surface area (Å²) in [5.41, 5.74) is 0. The molecule has 8 heteroatoms. The van der Waals surface area contributed by atoms with E-state index in [1.54, 1.807) is 10.8 Å². The van der Waals surface area contributed by atoms with Crippen LogP contribution < -0.4 is 5.32 Å². The van der Waals surface area contributed by atoms with Gasteiger partial charge in [0.25, 0.3) is 10.0 Å². The topological polar surface area (TPSA) is 84.3 Å². The second-order valence-electron chi connectivity index (χ2n) is 7.06. The average Bonchev–Trinajstić information content (AvgIpc) is 3.13. The zero-order valence-electron chi connectivity index (χ0n) is 14.9. The molecular formula is C17H28N4O3S. The van der Waals surface area contributed by atoms with Gasteiger partial charge < -0.3 is 9.88 Å². The first kappa shape index (κ1) is 18.4. The standard InChI is InChI=1S/C17H28N4O3S/c1-2-20-12-16(18-13-20)25(23,24)21-10-8-14(9-11-21)17(22)19-15-6-4-3-5-7-15/h12-15H,2-11H2,1H3,(H,19,22). The van der Waals surface area contributed by atoms with Crippen LogP contribution in [0, 0.1) is 5.92 Å². The zero-order valence-corrected chi connectivity index (χ0v) is 15.7. The molecule has 140 valence electrons. The Labute approximate surface area is 149 Å². The van der Waals surface area contributed by atoms with Gasteiger partial charge in [-0.05, 0) is 32.6 Å². The number of aromatic nitrogens is 2. The summed E-state index contributed by atoms with van der Waals surface area (Å²) in [6.07, 6.45) is 10.0. The van der Waals surface area contributed by atoms with Crippen molar-refractivity contribution in [1.82, 2.24) is 19.2 Å². The number of carbonyl (C=O) groups is 1. The molecule has 25 heavy (non-hydrogen) atoms. The van der Waals surface area contributed by atoms with E-state index >= 15 is 0 Å². The van der Waals surface area contributed by atoms with E-state index in [1.165, 1.54) is 29.9 Å². The fourth-order valence-corrected chi connectivity index (χ4v) is 5.11. The average molecular weight is 369 g/mol. The van der Waals surface area contributed by atoms with Gasteiger partial charge in [0, 0.05) is 37.8 Å². The fraction of sp³-hybridized carbons (Fsp3) is 0.765. The van der Waals surface area contributed by atoms with Crippen molar-refractivity contribution < 1.29 is 13.2 Å². The summed E-state index contributed by atoms with van der Waals surface area (Å²) >= 11 is 0. The van der Waals surface area contributed by atoms with E-state index < -0.39 is 10.0 Å².